The summed E-state index contributed by atoms with van der Waals surface area (Å²) in [6.07, 6.45) is 2.92. The number of hydrogen-bond acceptors (Lipinski definition) is 3. The molecule has 0 N–H and O–H groups in total. The molecule has 5 heteroatoms. The Morgan fingerprint density at radius 1 is 1.22 bits per heavy atom. The van der Waals surface area contributed by atoms with E-state index in [2.05, 4.69) is 20.8 Å². The van der Waals surface area contributed by atoms with Gasteiger partial charge in [0.25, 0.3) is 0 Å². The van der Waals surface area contributed by atoms with Crippen molar-refractivity contribution in [2.75, 3.05) is 6.61 Å². The maximum Gasteiger partial charge on any atom is 0.193 e. The van der Waals surface area contributed by atoms with Crippen LogP contribution in [0, 0.1) is 6.92 Å². The second-order valence-corrected chi connectivity index (χ2v) is 11.7. The van der Waals surface area contributed by atoms with Crippen molar-refractivity contribution in [2.45, 2.75) is 64.3 Å². The lowest BCUT2D eigenvalue weighted by molar-refractivity contribution is 0.0967. The summed E-state index contributed by atoms with van der Waals surface area (Å²) in [7, 11) is -1.63. The van der Waals surface area contributed by atoms with Gasteiger partial charge in [0, 0.05) is 5.56 Å². The van der Waals surface area contributed by atoms with Gasteiger partial charge in [-0.2, -0.15) is 0 Å². The molecule has 0 unspecified atom stereocenters. The van der Waals surface area contributed by atoms with Crippen molar-refractivity contribution in [2.24, 2.45) is 0 Å². The third-order valence-corrected chi connectivity index (χ3v) is 10.1. The first-order valence-corrected chi connectivity index (χ1v) is 11.4. The number of hydrogen-bond donors (Lipinski definition) is 0. The van der Waals surface area contributed by atoms with Gasteiger partial charge in [-0.25, -0.2) is 0 Å². The first-order chi connectivity index (χ1) is 10.9. The molecule has 0 atom stereocenters. The maximum atomic E-state index is 10.9. The van der Waals surface area contributed by atoms with Crippen molar-refractivity contribution in [3.63, 3.8) is 0 Å². The Kier molecular flexibility index (Phi) is 5.92. The quantitative estimate of drug-likeness (QED) is 0.440. The van der Waals surface area contributed by atoms with Crippen LogP contribution in [0.4, 0.5) is 0 Å². The molecule has 0 radical (unpaired) electrons. The van der Waals surface area contributed by atoms with Crippen molar-refractivity contribution in [1.82, 2.24) is 0 Å². The van der Waals surface area contributed by atoms with Crippen molar-refractivity contribution < 1.29 is 14.0 Å². The predicted molar refractivity (Wildman–Crippen MR) is 97.3 cm³/mol. The molecule has 1 aromatic carbocycles. The molecule has 0 bridgehead atoms. The van der Waals surface area contributed by atoms with E-state index in [0.29, 0.717) is 22.9 Å². The van der Waals surface area contributed by atoms with E-state index in [9.17, 15) is 4.79 Å². The molecule has 128 valence electrons. The molecule has 1 saturated carbocycles. The minimum atomic E-state index is -1.63. The highest BCUT2D eigenvalue weighted by atomic mass is 35.5. The number of halogens is 1. The number of benzene rings is 1. The van der Waals surface area contributed by atoms with E-state index in [4.69, 9.17) is 20.8 Å². The van der Waals surface area contributed by atoms with Crippen LogP contribution in [0.5, 0.6) is 5.75 Å². The van der Waals surface area contributed by atoms with Gasteiger partial charge < -0.3 is 9.16 Å². The van der Waals surface area contributed by atoms with E-state index < -0.39 is 8.32 Å². The molecule has 1 aromatic rings. The Morgan fingerprint density at radius 3 is 2.26 bits per heavy atom. The summed E-state index contributed by atoms with van der Waals surface area (Å²) in [6, 6.07) is 6.90. The molecule has 23 heavy (non-hydrogen) atoms. The smallest absolute Gasteiger partial charge is 0.193 e. The number of ether oxygens (including phenoxy) is 1. The summed E-state index contributed by atoms with van der Waals surface area (Å²) >= 11 is 6.26. The molecular formula is C18H27ClO3Si. The number of carbonyl (C=O) groups is 1. The molecular weight excluding hydrogens is 328 g/mol. The van der Waals surface area contributed by atoms with Crippen LogP contribution in [0.3, 0.4) is 0 Å². The Morgan fingerprint density at radius 2 is 1.83 bits per heavy atom. The third-order valence-electron chi connectivity index (χ3n) is 5.04. The summed E-state index contributed by atoms with van der Waals surface area (Å²) in [4.78, 5) is 10.9. The SMILES string of the molecule is CC[Si](CC)(CC)OC1(COc2c(C)cc(C=O)cc2Cl)CC1. The van der Waals surface area contributed by atoms with Crippen LogP contribution in [0.1, 0.15) is 49.5 Å². The van der Waals surface area contributed by atoms with Crippen molar-refractivity contribution in [1.29, 1.82) is 0 Å². The van der Waals surface area contributed by atoms with Gasteiger partial charge in [-0.05, 0) is 55.6 Å². The van der Waals surface area contributed by atoms with Gasteiger partial charge in [0.05, 0.1) is 10.6 Å². The fourth-order valence-electron chi connectivity index (χ4n) is 3.05. The minimum Gasteiger partial charge on any atom is -0.489 e. The van der Waals surface area contributed by atoms with Gasteiger partial charge in [-0.15, -0.1) is 0 Å². The summed E-state index contributed by atoms with van der Waals surface area (Å²) < 4.78 is 12.7. The highest BCUT2D eigenvalue weighted by molar-refractivity contribution is 6.73. The van der Waals surface area contributed by atoms with Crippen molar-refractivity contribution in [3.8, 4) is 5.75 Å². The molecule has 0 amide bonds. The van der Waals surface area contributed by atoms with E-state index in [1.54, 1.807) is 12.1 Å². The van der Waals surface area contributed by atoms with Crippen molar-refractivity contribution >= 4 is 26.2 Å². The minimum absolute atomic E-state index is 0.118. The van der Waals surface area contributed by atoms with E-state index in [0.717, 1.165) is 42.8 Å². The molecule has 0 spiro atoms. The van der Waals surface area contributed by atoms with Crippen LogP contribution in [0.25, 0.3) is 0 Å². The number of aldehydes is 1. The van der Waals surface area contributed by atoms with E-state index in [-0.39, 0.29) is 5.60 Å². The van der Waals surface area contributed by atoms with E-state index in [1.165, 1.54) is 0 Å². The molecule has 3 nitrogen and oxygen atoms in total. The van der Waals surface area contributed by atoms with E-state index in [1.807, 2.05) is 6.92 Å². The lowest BCUT2D eigenvalue weighted by Crippen LogP contribution is -2.43. The second kappa shape index (κ2) is 7.37. The van der Waals surface area contributed by atoms with Gasteiger partial charge in [-0.1, -0.05) is 32.4 Å². The third kappa shape index (κ3) is 4.17. The van der Waals surface area contributed by atoms with Crippen LogP contribution in [0.2, 0.25) is 23.2 Å². The monoisotopic (exact) mass is 354 g/mol. The van der Waals surface area contributed by atoms with Gasteiger partial charge in [0.15, 0.2) is 8.32 Å². The molecule has 1 aliphatic rings. The zero-order chi connectivity index (χ0) is 17.1. The lowest BCUT2D eigenvalue weighted by atomic mass is 10.1. The van der Waals surface area contributed by atoms with Crippen LogP contribution >= 0.6 is 11.6 Å². The molecule has 1 fully saturated rings. The Balaban J connectivity index is 2.07. The molecule has 0 saturated heterocycles. The molecule has 1 aliphatic carbocycles. The first-order valence-electron chi connectivity index (χ1n) is 8.51. The van der Waals surface area contributed by atoms with Crippen LogP contribution in [0.15, 0.2) is 12.1 Å². The zero-order valence-corrected chi connectivity index (χ0v) is 16.3. The van der Waals surface area contributed by atoms with Crippen LogP contribution in [-0.4, -0.2) is 26.8 Å². The number of rotatable bonds is 9. The summed E-state index contributed by atoms with van der Waals surface area (Å²) in [6.45, 7) is 9.19. The predicted octanol–water partition coefficient (Wildman–Crippen LogP) is 5.39. The number of carbonyl (C=O) groups excluding carboxylic acids is 1. The Labute approximate surface area is 145 Å². The fraction of sp³-hybridized carbons (Fsp3) is 0.611. The second-order valence-electron chi connectivity index (χ2n) is 6.58. The average Bonchev–Trinajstić information content (AvgIpc) is 3.31. The lowest BCUT2D eigenvalue weighted by Gasteiger charge is -2.33. The van der Waals surface area contributed by atoms with Crippen molar-refractivity contribution in [3.05, 3.63) is 28.3 Å². The number of aryl methyl sites for hydroxylation is 1. The van der Waals surface area contributed by atoms with Gasteiger partial charge >= 0.3 is 0 Å². The Hall–Kier alpha value is -0.843. The largest absolute Gasteiger partial charge is 0.489 e. The molecule has 0 heterocycles. The van der Waals surface area contributed by atoms with Gasteiger partial charge in [0.2, 0.25) is 0 Å². The summed E-state index contributed by atoms with van der Waals surface area (Å²) in [5.74, 6) is 0.670. The molecule has 2 rings (SSSR count). The van der Waals surface area contributed by atoms with E-state index >= 15 is 0 Å². The molecule has 0 aromatic heterocycles. The normalized spacial score (nSPS) is 16.2. The van der Waals surface area contributed by atoms with Crippen LogP contribution in [-0.2, 0) is 4.43 Å². The van der Waals surface area contributed by atoms with Gasteiger partial charge in [0.1, 0.15) is 18.6 Å². The summed E-state index contributed by atoms with van der Waals surface area (Å²) in [5.41, 5.74) is 1.35. The highest BCUT2D eigenvalue weighted by Crippen LogP contribution is 2.45. The highest BCUT2D eigenvalue weighted by Gasteiger charge is 2.50. The average molecular weight is 355 g/mol. The summed E-state index contributed by atoms with van der Waals surface area (Å²) in [5, 5.41) is 0.493. The maximum absolute atomic E-state index is 10.9. The first kappa shape index (κ1) is 18.5. The standard InChI is InChI=1S/C18H27ClO3Si/c1-5-23(6-2,7-3)22-18(8-9-18)13-21-17-14(4)10-15(12-20)11-16(17)19/h10-12H,5-9,13H2,1-4H3. The molecule has 0 aliphatic heterocycles. The van der Waals surface area contributed by atoms with Crippen LogP contribution < -0.4 is 4.74 Å². The zero-order valence-electron chi connectivity index (χ0n) is 14.6. The Bertz CT molecular complexity index is 534. The topological polar surface area (TPSA) is 35.5 Å². The fourth-order valence-corrected chi connectivity index (χ4v) is 6.50. The van der Waals surface area contributed by atoms with Gasteiger partial charge in [-0.3, -0.25) is 4.79 Å².